The van der Waals surface area contributed by atoms with Gasteiger partial charge >= 0.3 is 0 Å². The predicted octanol–water partition coefficient (Wildman–Crippen LogP) is 4.09. The zero-order chi connectivity index (χ0) is 18.1. The van der Waals surface area contributed by atoms with Gasteiger partial charge in [0.25, 0.3) is 5.91 Å². The number of thioether (sulfide) groups is 1. The second-order valence-corrected chi connectivity index (χ2v) is 6.85. The van der Waals surface area contributed by atoms with Crippen LogP contribution in [0.15, 0.2) is 46.4 Å². The third-order valence-electron chi connectivity index (χ3n) is 3.85. The number of carbonyl (C=O) groups excluding carboxylic acids is 1. The number of amides is 1. The molecule has 8 heteroatoms. The van der Waals surface area contributed by atoms with Crippen LogP contribution in [0.2, 0.25) is 5.15 Å². The average Bonchev–Trinajstić information content (AvgIpc) is 3.21. The highest BCUT2D eigenvalue weighted by molar-refractivity contribution is 8.18. The highest BCUT2D eigenvalue weighted by Crippen LogP contribution is 2.37. The van der Waals surface area contributed by atoms with Crippen molar-refractivity contribution >= 4 is 46.2 Å². The first-order valence-electron chi connectivity index (χ1n) is 7.96. The normalized spacial score (nSPS) is 19.0. The van der Waals surface area contributed by atoms with E-state index in [4.69, 9.17) is 21.1 Å². The summed E-state index contributed by atoms with van der Waals surface area (Å²) < 4.78 is 10.7. The molecule has 6 nitrogen and oxygen atoms in total. The number of aliphatic imine (C=N–C) groups is 1. The van der Waals surface area contributed by atoms with Crippen LogP contribution in [0, 0.1) is 0 Å². The van der Waals surface area contributed by atoms with Crippen molar-refractivity contribution in [3.63, 3.8) is 0 Å². The van der Waals surface area contributed by atoms with Crippen LogP contribution in [0.3, 0.4) is 0 Å². The minimum Gasteiger partial charge on any atom is -0.454 e. The molecule has 3 heterocycles. The molecule has 0 unspecified atom stereocenters. The Kier molecular flexibility index (Phi) is 4.57. The first-order valence-corrected chi connectivity index (χ1v) is 9.15. The predicted molar refractivity (Wildman–Crippen MR) is 102 cm³/mol. The molecule has 1 saturated heterocycles. The number of halogens is 1. The van der Waals surface area contributed by atoms with Gasteiger partial charge in [-0.3, -0.25) is 9.69 Å². The van der Waals surface area contributed by atoms with E-state index in [0.29, 0.717) is 39.0 Å². The van der Waals surface area contributed by atoms with Crippen LogP contribution in [0.1, 0.15) is 12.5 Å². The Bertz CT molecular complexity index is 945. The lowest BCUT2D eigenvalue weighted by atomic mass is 10.2. The summed E-state index contributed by atoms with van der Waals surface area (Å²) in [5.74, 6) is 1.30. The molecule has 0 spiro atoms. The van der Waals surface area contributed by atoms with Crippen LogP contribution in [-0.2, 0) is 4.79 Å². The average molecular weight is 388 g/mol. The number of ether oxygens (including phenoxy) is 2. The Balaban J connectivity index is 1.66. The molecule has 0 atom stereocenters. The Morgan fingerprint density at radius 2 is 2.19 bits per heavy atom. The van der Waals surface area contributed by atoms with Gasteiger partial charge in [-0.1, -0.05) is 17.7 Å². The minimum absolute atomic E-state index is 0.0890. The number of likely N-dealkylation sites (N-methyl/N-ethyl adjacent to an activating group) is 1. The monoisotopic (exact) mass is 387 g/mol. The summed E-state index contributed by atoms with van der Waals surface area (Å²) in [7, 11) is 0. The Labute approximate surface area is 159 Å². The van der Waals surface area contributed by atoms with Gasteiger partial charge in [0.05, 0.1) is 4.91 Å². The van der Waals surface area contributed by atoms with Crippen molar-refractivity contribution in [3.05, 3.63) is 52.2 Å². The van der Waals surface area contributed by atoms with Gasteiger partial charge in [-0.05, 0) is 54.6 Å². The molecular formula is C18H14ClN3O3S. The number of fused-ring (bicyclic) bond motifs is 1. The van der Waals surface area contributed by atoms with Gasteiger partial charge in [0.15, 0.2) is 21.8 Å². The van der Waals surface area contributed by atoms with Crippen LogP contribution in [0.5, 0.6) is 11.5 Å². The van der Waals surface area contributed by atoms with Gasteiger partial charge in [0, 0.05) is 12.7 Å². The van der Waals surface area contributed by atoms with Crippen molar-refractivity contribution in [3.8, 4) is 11.5 Å². The zero-order valence-electron chi connectivity index (χ0n) is 13.8. The number of hydrogen-bond acceptors (Lipinski definition) is 6. The SMILES string of the molecule is CCN1C(=O)/C(=C/c2ccc3c(c2)OCO3)SC1=Nc1cccnc1Cl. The molecule has 1 fully saturated rings. The van der Waals surface area contributed by atoms with E-state index in [-0.39, 0.29) is 12.7 Å². The smallest absolute Gasteiger partial charge is 0.266 e. The van der Waals surface area contributed by atoms with Gasteiger partial charge in [-0.25, -0.2) is 9.98 Å². The molecule has 1 amide bonds. The van der Waals surface area contributed by atoms with E-state index in [0.717, 1.165) is 5.56 Å². The lowest BCUT2D eigenvalue weighted by Crippen LogP contribution is -2.28. The maximum atomic E-state index is 12.7. The standard InChI is InChI=1S/C18H14ClN3O3S/c1-2-22-17(23)15(9-11-5-6-13-14(8-11)25-10-24-13)26-18(22)21-12-4-3-7-20-16(12)19/h3-9H,2,10H2,1H3/b15-9-,21-18?. The number of nitrogens with zero attached hydrogens (tertiary/aromatic N) is 3. The third-order valence-corrected chi connectivity index (χ3v) is 5.15. The van der Waals surface area contributed by atoms with Gasteiger partial charge in [-0.15, -0.1) is 0 Å². The van der Waals surface area contributed by atoms with Crippen LogP contribution >= 0.6 is 23.4 Å². The second-order valence-electron chi connectivity index (χ2n) is 5.48. The lowest BCUT2D eigenvalue weighted by Gasteiger charge is -2.12. The Hall–Kier alpha value is -2.51. The molecule has 0 bridgehead atoms. The number of rotatable bonds is 3. The highest BCUT2D eigenvalue weighted by atomic mass is 35.5. The minimum atomic E-state index is -0.0890. The van der Waals surface area contributed by atoms with Crippen LogP contribution < -0.4 is 9.47 Å². The number of aromatic nitrogens is 1. The molecule has 2 aliphatic rings. The van der Waals surface area contributed by atoms with Crippen LogP contribution in [-0.4, -0.2) is 34.3 Å². The van der Waals surface area contributed by atoms with E-state index in [1.54, 1.807) is 23.2 Å². The topological polar surface area (TPSA) is 64.0 Å². The molecule has 0 radical (unpaired) electrons. The third kappa shape index (κ3) is 3.15. The highest BCUT2D eigenvalue weighted by Gasteiger charge is 2.32. The molecule has 1 aromatic carbocycles. The fourth-order valence-corrected chi connectivity index (χ4v) is 3.81. The largest absolute Gasteiger partial charge is 0.454 e. The van der Waals surface area contributed by atoms with Gasteiger partial charge < -0.3 is 9.47 Å². The van der Waals surface area contributed by atoms with E-state index in [9.17, 15) is 4.79 Å². The fourth-order valence-electron chi connectivity index (χ4n) is 2.59. The maximum absolute atomic E-state index is 12.7. The molecule has 2 aliphatic heterocycles. The van der Waals surface area contributed by atoms with E-state index < -0.39 is 0 Å². The first kappa shape index (κ1) is 16.9. The van der Waals surface area contributed by atoms with Crippen molar-refractivity contribution in [2.24, 2.45) is 4.99 Å². The first-order chi connectivity index (χ1) is 12.7. The molecule has 0 saturated carbocycles. The summed E-state index contributed by atoms with van der Waals surface area (Å²) in [5, 5.41) is 0.886. The number of amidine groups is 1. The van der Waals surface area contributed by atoms with Gasteiger partial charge in [-0.2, -0.15) is 0 Å². The number of pyridine rings is 1. The maximum Gasteiger partial charge on any atom is 0.266 e. The quantitative estimate of drug-likeness (QED) is 0.586. The number of carbonyl (C=O) groups is 1. The van der Waals surface area contributed by atoms with Crippen molar-refractivity contribution in [2.75, 3.05) is 13.3 Å². The van der Waals surface area contributed by atoms with Crippen molar-refractivity contribution in [1.29, 1.82) is 0 Å². The Morgan fingerprint density at radius 3 is 3.00 bits per heavy atom. The van der Waals surface area contributed by atoms with Crippen LogP contribution in [0.25, 0.3) is 6.08 Å². The van der Waals surface area contributed by atoms with Crippen molar-refractivity contribution in [2.45, 2.75) is 6.92 Å². The van der Waals surface area contributed by atoms with E-state index >= 15 is 0 Å². The summed E-state index contributed by atoms with van der Waals surface area (Å²) in [6, 6.07) is 9.10. The second kappa shape index (κ2) is 7.01. The molecule has 2 aromatic rings. The van der Waals surface area contributed by atoms with Gasteiger partial charge in [0.2, 0.25) is 6.79 Å². The fraction of sp³-hybridized carbons (Fsp3) is 0.167. The summed E-state index contributed by atoms with van der Waals surface area (Å²) in [6.07, 6.45) is 3.42. The molecule has 1 aromatic heterocycles. The summed E-state index contributed by atoms with van der Waals surface area (Å²) in [4.78, 5) is 23.4. The molecule has 0 N–H and O–H groups in total. The Morgan fingerprint density at radius 1 is 1.35 bits per heavy atom. The summed E-state index contributed by atoms with van der Waals surface area (Å²) in [6.45, 7) is 2.64. The zero-order valence-corrected chi connectivity index (χ0v) is 15.4. The van der Waals surface area contributed by atoms with Crippen molar-refractivity contribution in [1.82, 2.24) is 9.88 Å². The van der Waals surface area contributed by atoms with Gasteiger partial charge in [0.1, 0.15) is 5.69 Å². The number of benzene rings is 1. The van der Waals surface area contributed by atoms with E-state index in [2.05, 4.69) is 9.98 Å². The van der Waals surface area contributed by atoms with Crippen LogP contribution in [0.4, 0.5) is 5.69 Å². The summed E-state index contributed by atoms with van der Waals surface area (Å²) >= 11 is 7.39. The molecule has 26 heavy (non-hydrogen) atoms. The lowest BCUT2D eigenvalue weighted by molar-refractivity contribution is -0.122. The number of hydrogen-bond donors (Lipinski definition) is 0. The summed E-state index contributed by atoms with van der Waals surface area (Å²) in [5.41, 5.74) is 1.40. The molecule has 4 rings (SSSR count). The van der Waals surface area contributed by atoms with Crippen molar-refractivity contribution < 1.29 is 14.3 Å². The molecule has 0 aliphatic carbocycles. The van der Waals surface area contributed by atoms with E-state index in [1.165, 1.54) is 11.8 Å². The molecular weight excluding hydrogens is 374 g/mol. The molecule has 132 valence electrons. The van der Waals surface area contributed by atoms with E-state index in [1.807, 2.05) is 31.2 Å².